The molecule has 1 aromatic heterocycles. The molecule has 0 amide bonds. The topological polar surface area (TPSA) is 16.1 Å². The number of thiazole rings is 1. The summed E-state index contributed by atoms with van der Waals surface area (Å²) in [6.07, 6.45) is 8.60. The lowest BCUT2D eigenvalue weighted by Crippen LogP contribution is -2.28. The van der Waals surface area contributed by atoms with E-state index in [0.29, 0.717) is 5.92 Å². The average Bonchev–Trinajstić information content (AvgIpc) is 3.14. The van der Waals surface area contributed by atoms with Gasteiger partial charge >= 0.3 is 0 Å². The van der Waals surface area contributed by atoms with Crippen LogP contribution >= 0.6 is 11.3 Å². The van der Waals surface area contributed by atoms with Crippen LogP contribution in [0.2, 0.25) is 0 Å². The summed E-state index contributed by atoms with van der Waals surface area (Å²) in [5, 5.41) is 1.36. The predicted molar refractivity (Wildman–Crippen MR) is 90.0 cm³/mol. The second-order valence-corrected chi connectivity index (χ2v) is 7.83. The van der Waals surface area contributed by atoms with Crippen LogP contribution in [0.25, 0.3) is 10.2 Å². The van der Waals surface area contributed by atoms with E-state index in [4.69, 9.17) is 4.98 Å². The van der Waals surface area contributed by atoms with Gasteiger partial charge in [0.15, 0.2) is 0 Å². The fourth-order valence-electron chi connectivity index (χ4n) is 4.00. The van der Waals surface area contributed by atoms with Crippen LogP contribution in [0.5, 0.6) is 0 Å². The van der Waals surface area contributed by atoms with E-state index in [9.17, 15) is 0 Å². The van der Waals surface area contributed by atoms with Crippen LogP contribution in [0.15, 0.2) is 24.3 Å². The van der Waals surface area contributed by atoms with Crippen molar-refractivity contribution in [2.45, 2.75) is 44.4 Å². The van der Waals surface area contributed by atoms with Gasteiger partial charge in [0, 0.05) is 19.0 Å². The van der Waals surface area contributed by atoms with E-state index in [1.54, 1.807) is 0 Å². The second-order valence-electron chi connectivity index (χ2n) is 6.77. The standard InChI is InChI=1S/C18H24N2S/c1-2-6-14(7-3-1)12-20-11-10-15(13-20)18-19-16-8-4-5-9-17(16)21-18/h4-5,8-9,14-15H,1-3,6-7,10-13H2. The summed E-state index contributed by atoms with van der Waals surface area (Å²) in [6.45, 7) is 3.84. The summed E-state index contributed by atoms with van der Waals surface area (Å²) < 4.78 is 1.35. The quantitative estimate of drug-likeness (QED) is 0.819. The first-order chi connectivity index (χ1) is 10.4. The van der Waals surface area contributed by atoms with E-state index in [-0.39, 0.29) is 0 Å². The van der Waals surface area contributed by atoms with Gasteiger partial charge in [-0.05, 0) is 43.9 Å². The predicted octanol–water partition coefficient (Wildman–Crippen LogP) is 4.67. The monoisotopic (exact) mass is 300 g/mol. The molecule has 2 heterocycles. The van der Waals surface area contributed by atoms with Crippen LogP contribution in [0.4, 0.5) is 0 Å². The normalized spacial score (nSPS) is 24.9. The summed E-state index contributed by atoms with van der Waals surface area (Å²) in [6, 6.07) is 8.56. The summed E-state index contributed by atoms with van der Waals surface area (Å²) >= 11 is 1.90. The smallest absolute Gasteiger partial charge is 0.0982 e. The van der Waals surface area contributed by atoms with Gasteiger partial charge in [-0.15, -0.1) is 11.3 Å². The zero-order valence-corrected chi connectivity index (χ0v) is 13.4. The molecule has 1 aromatic carbocycles. The first-order valence-electron chi connectivity index (χ1n) is 8.46. The molecule has 1 saturated carbocycles. The number of fused-ring (bicyclic) bond motifs is 1. The molecule has 2 fully saturated rings. The maximum absolute atomic E-state index is 4.87. The van der Waals surface area contributed by atoms with Crippen molar-refractivity contribution in [2.24, 2.45) is 5.92 Å². The molecule has 1 aliphatic carbocycles. The molecule has 1 aliphatic heterocycles. The largest absolute Gasteiger partial charge is 0.302 e. The van der Waals surface area contributed by atoms with Gasteiger partial charge in [0.05, 0.1) is 15.2 Å². The number of nitrogens with zero attached hydrogens (tertiary/aromatic N) is 2. The summed E-state index contributed by atoms with van der Waals surface area (Å²) in [7, 11) is 0. The van der Waals surface area contributed by atoms with Crippen molar-refractivity contribution >= 4 is 21.6 Å². The third-order valence-electron chi connectivity index (χ3n) is 5.17. The number of benzene rings is 1. The van der Waals surface area contributed by atoms with Gasteiger partial charge in [-0.25, -0.2) is 4.98 Å². The second kappa shape index (κ2) is 6.05. The van der Waals surface area contributed by atoms with Gasteiger partial charge in [0.1, 0.15) is 0 Å². The van der Waals surface area contributed by atoms with Crippen molar-refractivity contribution in [3.05, 3.63) is 29.3 Å². The molecule has 3 heteroatoms. The van der Waals surface area contributed by atoms with Crippen LogP contribution in [-0.2, 0) is 0 Å². The lowest BCUT2D eigenvalue weighted by atomic mass is 9.89. The highest BCUT2D eigenvalue weighted by Crippen LogP contribution is 2.34. The number of para-hydroxylation sites is 1. The minimum Gasteiger partial charge on any atom is -0.302 e. The Balaban J connectivity index is 1.41. The molecular formula is C18H24N2S. The van der Waals surface area contributed by atoms with Crippen molar-refractivity contribution in [2.75, 3.05) is 19.6 Å². The Labute approximate surface area is 131 Å². The molecule has 2 nitrogen and oxygen atoms in total. The molecular weight excluding hydrogens is 276 g/mol. The molecule has 4 rings (SSSR count). The van der Waals surface area contributed by atoms with Gasteiger partial charge in [0.25, 0.3) is 0 Å². The lowest BCUT2D eigenvalue weighted by Gasteiger charge is -2.26. The Morgan fingerprint density at radius 2 is 1.95 bits per heavy atom. The van der Waals surface area contributed by atoms with Crippen LogP contribution in [-0.4, -0.2) is 29.5 Å². The molecule has 0 N–H and O–H groups in total. The highest BCUT2D eigenvalue weighted by molar-refractivity contribution is 7.18. The Morgan fingerprint density at radius 3 is 2.81 bits per heavy atom. The number of hydrogen-bond acceptors (Lipinski definition) is 3. The van der Waals surface area contributed by atoms with E-state index >= 15 is 0 Å². The highest BCUT2D eigenvalue weighted by atomic mass is 32.1. The van der Waals surface area contributed by atoms with E-state index in [1.807, 2.05) is 11.3 Å². The highest BCUT2D eigenvalue weighted by Gasteiger charge is 2.28. The Hall–Kier alpha value is -0.930. The van der Waals surface area contributed by atoms with Crippen LogP contribution in [0.3, 0.4) is 0 Å². The van der Waals surface area contributed by atoms with E-state index < -0.39 is 0 Å². The Morgan fingerprint density at radius 1 is 1.10 bits per heavy atom. The van der Waals surface area contributed by atoms with Crippen LogP contribution in [0, 0.1) is 5.92 Å². The summed E-state index contributed by atoms with van der Waals surface area (Å²) in [5.41, 5.74) is 1.18. The SMILES string of the molecule is c1ccc2sc(C3CCN(CC4CCCCC4)C3)nc2c1. The number of likely N-dealkylation sites (tertiary alicyclic amines) is 1. The molecule has 112 valence electrons. The minimum absolute atomic E-state index is 0.672. The third-order valence-corrected chi connectivity index (χ3v) is 6.37. The number of hydrogen-bond donors (Lipinski definition) is 0. The molecule has 1 atom stereocenters. The Bertz CT molecular complexity index is 567. The number of rotatable bonds is 3. The van der Waals surface area contributed by atoms with E-state index in [2.05, 4.69) is 29.2 Å². The molecule has 21 heavy (non-hydrogen) atoms. The van der Waals surface area contributed by atoms with Gasteiger partial charge < -0.3 is 4.90 Å². The average molecular weight is 300 g/mol. The molecule has 0 radical (unpaired) electrons. The molecule has 1 unspecified atom stereocenters. The van der Waals surface area contributed by atoms with Gasteiger partial charge in [-0.3, -0.25) is 0 Å². The van der Waals surface area contributed by atoms with Gasteiger partial charge in [-0.2, -0.15) is 0 Å². The first-order valence-corrected chi connectivity index (χ1v) is 9.28. The summed E-state index contributed by atoms with van der Waals surface area (Å²) in [4.78, 5) is 7.57. The van der Waals surface area contributed by atoms with Crippen molar-refractivity contribution in [3.63, 3.8) is 0 Å². The van der Waals surface area contributed by atoms with Crippen LogP contribution in [0.1, 0.15) is 49.5 Å². The maximum Gasteiger partial charge on any atom is 0.0982 e. The maximum atomic E-state index is 4.87. The van der Waals surface area contributed by atoms with Gasteiger partial charge in [0.2, 0.25) is 0 Å². The molecule has 0 bridgehead atoms. The lowest BCUT2D eigenvalue weighted by molar-refractivity contribution is 0.232. The summed E-state index contributed by atoms with van der Waals surface area (Å²) in [5.74, 6) is 1.64. The molecule has 2 aromatic rings. The van der Waals surface area contributed by atoms with E-state index in [0.717, 1.165) is 5.92 Å². The number of aromatic nitrogens is 1. The zero-order valence-electron chi connectivity index (χ0n) is 12.6. The van der Waals surface area contributed by atoms with E-state index in [1.165, 1.54) is 73.4 Å². The Kier molecular flexibility index (Phi) is 3.95. The zero-order chi connectivity index (χ0) is 14.1. The fraction of sp³-hybridized carbons (Fsp3) is 0.611. The van der Waals surface area contributed by atoms with Crippen molar-refractivity contribution in [1.29, 1.82) is 0 Å². The first kappa shape index (κ1) is 13.7. The van der Waals surface area contributed by atoms with Crippen LogP contribution < -0.4 is 0 Å². The minimum atomic E-state index is 0.672. The van der Waals surface area contributed by atoms with Crippen molar-refractivity contribution in [1.82, 2.24) is 9.88 Å². The molecule has 2 aliphatic rings. The van der Waals surface area contributed by atoms with Gasteiger partial charge in [-0.1, -0.05) is 31.4 Å². The van der Waals surface area contributed by atoms with Crippen molar-refractivity contribution < 1.29 is 0 Å². The third kappa shape index (κ3) is 3.00. The fourth-order valence-corrected chi connectivity index (χ4v) is 5.09. The molecule has 1 saturated heterocycles. The molecule has 0 spiro atoms. The van der Waals surface area contributed by atoms with Crippen molar-refractivity contribution in [3.8, 4) is 0 Å².